The number of ether oxygens (including phenoxy) is 3. The van der Waals surface area contributed by atoms with Gasteiger partial charge in [-0.25, -0.2) is 0 Å². The topological polar surface area (TPSA) is 27.7 Å². The van der Waals surface area contributed by atoms with E-state index in [1.165, 1.54) is 0 Å². The predicted molar refractivity (Wildman–Crippen MR) is 36.2 cm³/mol. The van der Waals surface area contributed by atoms with E-state index in [2.05, 4.69) is 11.8 Å². The van der Waals surface area contributed by atoms with Crippen molar-refractivity contribution in [2.75, 3.05) is 13.2 Å². The molecule has 3 heteroatoms. The first-order valence-electron chi connectivity index (χ1n) is 3.33. The number of hydrogen-bond donors (Lipinski definition) is 0. The third kappa shape index (κ3) is 1.94. The molecule has 0 aromatic carbocycles. The summed E-state index contributed by atoms with van der Waals surface area (Å²) in [6.45, 7) is 4.87. The Morgan fingerprint density at radius 3 is 2.80 bits per heavy atom. The van der Waals surface area contributed by atoms with Crippen LogP contribution in [0.15, 0.2) is 0 Å². The van der Waals surface area contributed by atoms with E-state index in [4.69, 9.17) is 9.47 Å². The van der Waals surface area contributed by atoms with Crippen molar-refractivity contribution in [3.8, 4) is 0 Å². The van der Waals surface area contributed by atoms with E-state index in [0.717, 1.165) is 0 Å². The maximum Gasteiger partial charge on any atom is 0.163 e. The first-order chi connectivity index (χ1) is 4.64. The van der Waals surface area contributed by atoms with E-state index in [1.807, 2.05) is 13.8 Å². The van der Waals surface area contributed by atoms with Crippen LogP contribution in [0.25, 0.3) is 0 Å². The van der Waals surface area contributed by atoms with Gasteiger partial charge in [-0.3, -0.25) is 0 Å². The summed E-state index contributed by atoms with van der Waals surface area (Å²) in [4.78, 5) is 0. The summed E-state index contributed by atoms with van der Waals surface area (Å²) in [6.07, 6.45) is 0.0486. The Morgan fingerprint density at radius 2 is 2.40 bits per heavy atom. The molecule has 1 saturated heterocycles. The van der Waals surface area contributed by atoms with E-state index in [1.54, 1.807) is 0 Å². The van der Waals surface area contributed by atoms with Crippen molar-refractivity contribution in [1.29, 1.82) is 0 Å². The van der Waals surface area contributed by atoms with Gasteiger partial charge in [0, 0.05) is 0 Å². The van der Waals surface area contributed by atoms with Gasteiger partial charge in [0.25, 0.3) is 0 Å². The first-order valence-corrected chi connectivity index (χ1v) is 3.33. The highest BCUT2D eigenvalue weighted by atomic mass is 16.7. The van der Waals surface area contributed by atoms with Gasteiger partial charge in [-0.2, -0.15) is 0 Å². The Kier molecular flexibility index (Phi) is 2.28. The van der Waals surface area contributed by atoms with Crippen LogP contribution in [0.1, 0.15) is 13.8 Å². The molecular weight excluding hydrogens is 132 g/mol. The third-order valence-corrected chi connectivity index (χ3v) is 1.37. The molecule has 0 amide bonds. The van der Waals surface area contributed by atoms with Crippen LogP contribution in [0.5, 0.6) is 0 Å². The summed E-state index contributed by atoms with van der Waals surface area (Å²) in [5.41, 5.74) is 0. The van der Waals surface area contributed by atoms with Gasteiger partial charge in [0.2, 0.25) is 0 Å². The van der Waals surface area contributed by atoms with Gasteiger partial charge in [0.15, 0.2) is 5.79 Å². The van der Waals surface area contributed by atoms with Crippen molar-refractivity contribution in [3.63, 3.8) is 0 Å². The average molecular weight is 145 g/mol. The standard InChI is InChI=1S/C7H13O3/c1-7(2)9-5-6(10-7)4-8-3/h6H,3-5H2,1-2H3. The minimum absolute atomic E-state index is 0.0486. The van der Waals surface area contributed by atoms with Gasteiger partial charge in [0.05, 0.1) is 20.3 Å². The monoisotopic (exact) mass is 145 g/mol. The summed E-state index contributed by atoms with van der Waals surface area (Å²) >= 11 is 0. The molecule has 1 heterocycles. The van der Waals surface area contributed by atoms with E-state index in [9.17, 15) is 0 Å². The van der Waals surface area contributed by atoms with Crippen molar-refractivity contribution in [1.82, 2.24) is 0 Å². The second-order valence-electron chi connectivity index (χ2n) is 2.82. The molecule has 0 spiro atoms. The van der Waals surface area contributed by atoms with Gasteiger partial charge in [0.1, 0.15) is 6.10 Å². The lowest BCUT2D eigenvalue weighted by atomic mass is 10.4. The molecule has 1 fully saturated rings. The zero-order valence-electron chi connectivity index (χ0n) is 6.42. The summed E-state index contributed by atoms with van der Waals surface area (Å²) < 4.78 is 15.3. The SMILES string of the molecule is [CH2]OCC1COC(C)(C)O1. The number of rotatable bonds is 2. The largest absolute Gasteiger partial charge is 0.376 e. The molecule has 0 aromatic heterocycles. The lowest BCUT2D eigenvalue weighted by molar-refractivity contribution is -0.142. The molecule has 3 nitrogen and oxygen atoms in total. The molecule has 59 valence electrons. The zero-order valence-corrected chi connectivity index (χ0v) is 6.42. The highest BCUT2D eigenvalue weighted by Gasteiger charge is 2.32. The molecule has 1 aliphatic rings. The van der Waals surface area contributed by atoms with Gasteiger partial charge >= 0.3 is 0 Å². The predicted octanol–water partition coefficient (Wildman–Crippen LogP) is 0.946. The minimum atomic E-state index is -0.441. The molecule has 1 unspecified atom stereocenters. The Morgan fingerprint density at radius 1 is 1.70 bits per heavy atom. The van der Waals surface area contributed by atoms with Crippen LogP contribution < -0.4 is 0 Å². The quantitative estimate of drug-likeness (QED) is 0.579. The Labute approximate surface area is 61.3 Å². The smallest absolute Gasteiger partial charge is 0.163 e. The first kappa shape index (κ1) is 7.98. The lowest BCUT2D eigenvalue weighted by Gasteiger charge is -2.16. The molecule has 0 bridgehead atoms. The maximum absolute atomic E-state index is 5.40. The lowest BCUT2D eigenvalue weighted by Crippen LogP contribution is -2.23. The van der Waals surface area contributed by atoms with Crippen LogP contribution in [0, 0.1) is 7.11 Å². The van der Waals surface area contributed by atoms with Crippen LogP contribution in [-0.4, -0.2) is 25.1 Å². The minimum Gasteiger partial charge on any atom is -0.376 e. The van der Waals surface area contributed by atoms with E-state index in [0.29, 0.717) is 13.2 Å². The van der Waals surface area contributed by atoms with Crippen molar-refractivity contribution in [2.24, 2.45) is 0 Å². The second-order valence-corrected chi connectivity index (χ2v) is 2.82. The molecule has 10 heavy (non-hydrogen) atoms. The summed E-state index contributed by atoms with van der Waals surface area (Å²) in [5.74, 6) is -0.441. The molecule has 0 N–H and O–H groups in total. The van der Waals surface area contributed by atoms with Crippen LogP contribution >= 0.6 is 0 Å². The fourth-order valence-electron chi connectivity index (χ4n) is 0.977. The summed E-state index contributed by atoms with van der Waals surface area (Å²) in [6, 6.07) is 0. The second kappa shape index (κ2) is 2.86. The molecule has 0 saturated carbocycles. The molecule has 1 radical (unpaired) electrons. The Balaban J connectivity index is 2.29. The van der Waals surface area contributed by atoms with Crippen LogP contribution in [0.4, 0.5) is 0 Å². The highest BCUT2D eigenvalue weighted by Crippen LogP contribution is 2.21. The van der Waals surface area contributed by atoms with Gasteiger partial charge in [-0.15, -0.1) is 0 Å². The molecule has 1 atom stereocenters. The highest BCUT2D eigenvalue weighted by molar-refractivity contribution is 4.69. The van der Waals surface area contributed by atoms with E-state index in [-0.39, 0.29) is 6.10 Å². The maximum atomic E-state index is 5.40. The molecule has 1 aliphatic heterocycles. The van der Waals surface area contributed by atoms with Crippen molar-refractivity contribution in [2.45, 2.75) is 25.7 Å². The molecule has 0 aromatic rings. The normalized spacial score (nSPS) is 30.9. The van der Waals surface area contributed by atoms with Crippen molar-refractivity contribution >= 4 is 0 Å². The zero-order chi connectivity index (χ0) is 7.61. The van der Waals surface area contributed by atoms with Crippen molar-refractivity contribution in [3.05, 3.63) is 7.11 Å². The fourth-order valence-corrected chi connectivity index (χ4v) is 0.977. The average Bonchev–Trinajstić information content (AvgIpc) is 2.12. The van der Waals surface area contributed by atoms with E-state index >= 15 is 0 Å². The third-order valence-electron chi connectivity index (χ3n) is 1.37. The van der Waals surface area contributed by atoms with Crippen LogP contribution in [-0.2, 0) is 14.2 Å². The van der Waals surface area contributed by atoms with Gasteiger partial charge < -0.3 is 14.2 Å². The Bertz CT molecular complexity index is 111. The van der Waals surface area contributed by atoms with Crippen LogP contribution in [0.2, 0.25) is 0 Å². The molecule has 0 aliphatic carbocycles. The van der Waals surface area contributed by atoms with E-state index < -0.39 is 5.79 Å². The Hall–Kier alpha value is -0.120. The number of hydrogen-bond acceptors (Lipinski definition) is 3. The van der Waals surface area contributed by atoms with Crippen LogP contribution in [0.3, 0.4) is 0 Å². The summed E-state index contributed by atoms with van der Waals surface area (Å²) in [5, 5.41) is 0. The van der Waals surface area contributed by atoms with Gasteiger partial charge in [-0.1, -0.05) is 0 Å². The van der Waals surface area contributed by atoms with Crippen molar-refractivity contribution < 1.29 is 14.2 Å². The fraction of sp³-hybridized carbons (Fsp3) is 0.857. The molecular formula is C7H13O3. The van der Waals surface area contributed by atoms with Gasteiger partial charge in [-0.05, 0) is 13.8 Å². The summed E-state index contributed by atoms with van der Waals surface area (Å²) in [7, 11) is 3.26. The molecule has 1 rings (SSSR count).